The lowest BCUT2D eigenvalue weighted by Gasteiger charge is -2.00. The van der Waals surface area contributed by atoms with E-state index in [1.54, 1.807) is 0 Å². The Hall–Kier alpha value is -1.69. The molecule has 6 heteroatoms. The minimum absolute atomic E-state index is 0.144. The van der Waals surface area contributed by atoms with Crippen molar-refractivity contribution in [1.29, 1.82) is 0 Å². The molecular weight excluding hydrogens is 260 g/mol. The predicted molar refractivity (Wildman–Crippen MR) is 57.6 cm³/mol. The van der Waals surface area contributed by atoms with Gasteiger partial charge in [0, 0.05) is 4.47 Å². The number of aromatic nitrogens is 3. The van der Waals surface area contributed by atoms with Gasteiger partial charge in [0.1, 0.15) is 0 Å². The lowest BCUT2D eigenvalue weighted by Crippen LogP contribution is -2.12. The van der Waals surface area contributed by atoms with Crippen LogP contribution in [-0.2, 0) is 0 Å². The highest BCUT2D eigenvalue weighted by atomic mass is 79.9. The van der Waals surface area contributed by atoms with E-state index in [-0.39, 0.29) is 5.69 Å². The van der Waals surface area contributed by atoms with Gasteiger partial charge in [-0.3, -0.25) is 4.79 Å². The summed E-state index contributed by atoms with van der Waals surface area (Å²) in [4.78, 5) is 12.2. The van der Waals surface area contributed by atoms with Gasteiger partial charge in [-0.2, -0.15) is 5.10 Å². The maximum absolute atomic E-state index is 10.8. The van der Waals surface area contributed by atoms with Gasteiger partial charge in [-0.15, -0.1) is 9.90 Å². The Morgan fingerprint density at radius 3 is 2.73 bits per heavy atom. The zero-order valence-electron chi connectivity index (χ0n) is 7.59. The van der Waals surface area contributed by atoms with Crippen molar-refractivity contribution in [3.05, 3.63) is 40.6 Å². The molecule has 76 valence electrons. The summed E-state index contributed by atoms with van der Waals surface area (Å²) in [6.45, 7) is 0. The third-order valence-electron chi connectivity index (χ3n) is 1.81. The minimum Gasteiger partial charge on any atom is -0.364 e. The third-order valence-corrected chi connectivity index (χ3v) is 2.48. The van der Waals surface area contributed by atoms with E-state index >= 15 is 0 Å². The standard InChI is InChI=1S/C9H7BrN4O/c10-6-3-1-2-4-8(6)14-12-5-7(13-14)9(11)15/h1-5H,(H2,11,15). The average molecular weight is 267 g/mol. The summed E-state index contributed by atoms with van der Waals surface area (Å²) in [5.41, 5.74) is 5.98. The molecular formula is C9H7BrN4O. The molecule has 0 spiro atoms. The molecule has 0 unspecified atom stereocenters. The Kier molecular flexibility index (Phi) is 2.51. The summed E-state index contributed by atoms with van der Waals surface area (Å²) in [6.07, 6.45) is 1.34. The molecule has 0 fully saturated rings. The Balaban J connectivity index is 2.46. The molecule has 2 rings (SSSR count). The highest BCUT2D eigenvalue weighted by Crippen LogP contribution is 2.18. The molecule has 0 radical (unpaired) electrons. The van der Waals surface area contributed by atoms with Crippen LogP contribution < -0.4 is 5.73 Å². The first-order valence-corrected chi connectivity index (χ1v) is 4.95. The van der Waals surface area contributed by atoms with Crippen molar-refractivity contribution in [2.45, 2.75) is 0 Å². The van der Waals surface area contributed by atoms with E-state index in [2.05, 4.69) is 26.1 Å². The fourth-order valence-corrected chi connectivity index (χ4v) is 1.55. The van der Waals surface area contributed by atoms with Crippen molar-refractivity contribution < 1.29 is 4.79 Å². The number of para-hydroxylation sites is 1. The van der Waals surface area contributed by atoms with E-state index in [4.69, 9.17) is 5.73 Å². The zero-order valence-corrected chi connectivity index (χ0v) is 9.18. The van der Waals surface area contributed by atoms with Gasteiger partial charge in [-0.25, -0.2) is 0 Å². The molecule has 1 heterocycles. The zero-order chi connectivity index (χ0) is 10.8. The second-order valence-corrected chi connectivity index (χ2v) is 3.69. The van der Waals surface area contributed by atoms with E-state index in [0.29, 0.717) is 0 Å². The molecule has 0 aliphatic heterocycles. The first kappa shape index (κ1) is 9.85. The summed E-state index contributed by atoms with van der Waals surface area (Å²) in [7, 11) is 0. The first-order chi connectivity index (χ1) is 7.18. The molecule has 1 aromatic carbocycles. The molecule has 2 aromatic rings. The number of rotatable bonds is 2. The Morgan fingerprint density at radius 2 is 2.13 bits per heavy atom. The number of benzene rings is 1. The number of amides is 1. The number of halogens is 1. The monoisotopic (exact) mass is 266 g/mol. The van der Waals surface area contributed by atoms with E-state index < -0.39 is 5.91 Å². The molecule has 5 nitrogen and oxygen atoms in total. The molecule has 0 aliphatic rings. The first-order valence-electron chi connectivity index (χ1n) is 4.15. The summed E-state index contributed by atoms with van der Waals surface area (Å²) >= 11 is 3.36. The van der Waals surface area contributed by atoms with E-state index in [0.717, 1.165) is 10.2 Å². The maximum Gasteiger partial charge on any atom is 0.270 e. The van der Waals surface area contributed by atoms with Crippen molar-refractivity contribution in [3.63, 3.8) is 0 Å². The molecule has 0 atom stereocenters. The molecule has 15 heavy (non-hydrogen) atoms. The van der Waals surface area contributed by atoms with Crippen molar-refractivity contribution in [3.8, 4) is 5.69 Å². The number of carbonyl (C=O) groups is 1. The van der Waals surface area contributed by atoms with Gasteiger partial charge in [-0.1, -0.05) is 12.1 Å². The van der Waals surface area contributed by atoms with Gasteiger partial charge >= 0.3 is 0 Å². The van der Waals surface area contributed by atoms with E-state index in [1.807, 2.05) is 24.3 Å². The Bertz CT molecular complexity index is 508. The van der Waals surface area contributed by atoms with Crippen molar-refractivity contribution in [1.82, 2.24) is 15.0 Å². The van der Waals surface area contributed by atoms with Crippen molar-refractivity contribution >= 4 is 21.8 Å². The highest BCUT2D eigenvalue weighted by molar-refractivity contribution is 9.10. The largest absolute Gasteiger partial charge is 0.364 e. The number of nitrogens with two attached hydrogens (primary N) is 1. The number of hydrogen-bond acceptors (Lipinski definition) is 3. The highest BCUT2D eigenvalue weighted by Gasteiger charge is 2.08. The minimum atomic E-state index is -0.590. The van der Waals surface area contributed by atoms with Crippen LogP contribution >= 0.6 is 15.9 Å². The van der Waals surface area contributed by atoms with Crippen LogP contribution in [0, 0.1) is 0 Å². The van der Waals surface area contributed by atoms with Crippen LogP contribution in [0.25, 0.3) is 5.69 Å². The number of nitrogens with zero attached hydrogens (tertiary/aromatic N) is 3. The van der Waals surface area contributed by atoms with Crippen LogP contribution in [0.1, 0.15) is 10.5 Å². The number of primary amides is 1. The normalized spacial score (nSPS) is 10.2. The van der Waals surface area contributed by atoms with Crippen molar-refractivity contribution in [2.24, 2.45) is 5.73 Å². The topological polar surface area (TPSA) is 73.8 Å². The summed E-state index contributed by atoms with van der Waals surface area (Å²) in [6, 6.07) is 7.43. The van der Waals surface area contributed by atoms with Gasteiger partial charge in [-0.05, 0) is 28.1 Å². The third kappa shape index (κ3) is 1.89. The fraction of sp³-hybridized carbons (Fsp3) is 0. The quantitative estimate of drug-likeness (QED) is 0.886. The molecule has 2 N–H and O–H groups in total. The van der Waals surface area contributed by atoms with Crippen LogP contribution in [0.2, 0.25) is 0 Å². The molecule has 0 aliphatic carbocycles. The maximum atomic E-state index is 10.8. The molecule has 1 aromatic heterocycles. The SMILES string of the molecule is NC(=O)c1cnn(-c2ccccc2Br)n1. The predicted octanol–water partition coefficient (Wildman–Crippen LogP) is 1.13. The molecule has 1 amide bonds. The van der Waals surface area contributed by atoms with Gasteiger partial charge < -0.3 is 5.73 Å². The van der Waals surface area contributed by atoms with Gasteiger partial charge in [0.2, 0.25) is 0 Å². The van der Waals surface area contributed by atoms with Crippen LogP contribution in [-0.4, -0.2) is 20.9 Å². The molecule has 0 saturated heterocycles. The second-order valence-electron chi connectivity index (χ2n) is 2.83. The second kappa shape index (κ2) is 3.82. The lowest BCUT2D eigenvalue weighted by atomic mass is 10.3. The van der Waals surface area contributed by atoms with Crippen LogP contribution in [0.3, 0.4) is 0 Å². The number of hydrogen-bond donors (Lipinski definition) is 1. The smallest absolute Gasteiger partial charge is 0.270 e. The van der Waals surface area contributed by atoms with Crippen molar-refractivity contribution in [2.75, 3.05) is 0 Å². The Morgan fingerprint density at radius 1 is 1.40 bits per heavy atom. The molecule has 0 saturated carbocycles. The summed E-state index contributed by atoms with van der Waals surface area (Å²) in [5.74, 6) is -0.590. The summed E-state index contributed by atoms with van der Waals surface area (Å²) < 4.78 is 0.844. The lowest BCUT2D eigenvalue weighted by molar-refractivity contribution is 0.0995. The average Bonchev–Trinajstić information content (AvgIpc) is 2.67. The fourth-order valence-electron chi connectivity index (χ4n) is 1.11. The van der Waals surface area contributed by atoms with E-state index in [1.165, 1.54) is 11.0 Å². The van der Waals surface area contributed by atoms with Crippen LogP contribution in [0.5, 0.6) is 0 Å². The summed E-state index contributed by atoms with van der Waals surface area (Å²) in [5, 5.41) is 7.89. The van der Waals surface area contributed by atoms with Crippen LogP contribution in [0.15, 0.2) is 34.9 Å². The molecule has 0 bridgehead atoms. The van der Waals surface area contributed by atoms with Gasteiger partial charge in [0.25, 0.3) is 5.91 Å². The van der Waals surface area contributed by atoms with Gasteiger partial charge in [0.15, 0.2) is 5.69 Å². The van der Waals surface area contributed by atoms with E-state index in [9.17, 15) is 4.79 Å². The van der Waals surface area contributed by atoms with Gasteiger partial charge in [0.05, 0.1) is 11.9 Å². The van der Waals surface area contributed by atoms with Crippen LogP contribution in [0.4, 0.5) is 0 Å². The number of carbonyl (C=O) groups excluding carboxylic acids is 1. The Labute approximate surface area is 94.0 Å².